The molecule has 3 rings (SSSR count). The van der Waals surface area contributed by atoms with Crippen LogP contribution in [-0.2, 0) is 5.41 Å². The van der Waals surface area contributed by atoms with Gasteiger partial charge in [0.2, 0.25) is 0 Å². The predicted molar refractivity (Wildman–Crippen MR) is 73.5 cm³/mol. The number of nitrogens with two attached hydrogens (primary N) is 1. The van der Waals surface area contributed by atoms with Crippen molar-refractivity contribution >= 4 is 22.4 Å². The van der Waals surface area contributed by atoms with Crippen LogP contribution in [0, 0.1) is 0 Å². The second-order valence-electron chi connectivity index (χ2n) is 5.01. The zero-order valence-electron chi connectivity index (χ0n) is 9.75. The molecule has 17 heavy (non-hydrogen) atoms. The summed E-state index contributed by atoms with van der Waals surface area (Å²) in [5.74, 6) is 0. The second kappa shape index (κ2) is 4.01. The minimum Gasteiger partial charge on any atom is -0.330 e. The molecule has 2 heteroatoms. The van der Waals surface area contributed by atoms with E-state index in [1.165, 1.54) is 35.6 Å². The Morgan fingerprint density at radius 3 is 2.65 bits per heavy atom. The van der Waals surface area contributed by atoms with E-state index in [9.17, 15) is 0 Å². The van der Waals surface area contributed by atoms with Gasteiger partial charge in [0.25, 0.3) is 0 Å². The Bertz CT molecular complexity index is 552. The molecule has 1 nitrogen and oxygen atoms in total. The van der Waals surface area contributed by atoms with E-state index in [4.69, 9.17) is 17.3 Å². The van der Waals surface area contributed by atoms with Crippen LogP contribution in [0.2, 0.25) is 5.02 Å². The zero-order valence-corrected chi connectivity index (χ0v) is 10.5. The monoisotopic (exact) mass is 245 g/mol. The fraction of sp³-hybridized carbons (Fsp3) is 0.333. The van der Waals surface area contributed by atoms with Crippen molar-refractivity contribution in [2.45, 2.75) is 24.7 Å². The van der Waals surface area contributed by atoms with Crippen LogP contribution in [0.3, 0.4) is 0 Å². The Labute approximate surface area is 107 Å². The summed E-state index contributed by atoms with van der Waals surface area (Å²) in [6.45, 7) is 0.735. The SMILES string of the molecule is NCC1(c2cccc3ccc(Cl)cc23)CCC1. The molecule has 88 valence electrons. The molecule has 1 aliphatic rings. The third-order valence-corrected chi connectivity index (χ3v) is 4.35. The van der Waals surface area contributed by atoms with Crippen molar-refractivity contribution in [3.05, 3.63) is 47.0 Å². The van der Waals surface area contributed by atoms with Crippen molar-refractivity contribution in [1.82, 2.24) is 0 Å². The maximum absolute atomic E-state index is 6.11. The van der Waals surface area contributed by atoms with Gasteiger partial charge in [-0.25, -0.2) is 0 Å². The van der Waals surface area contributed by atoms with Crippen LogP contribution < -0.4 is 5.73 Å². The molecule has 2 N–H and O–H groups in total. The van der Waals surface area contributed by atoms with Crippen LogP contribution >= 0.6 is 11.6 Å². The molecule has 1 fully saturated rings. The van der Waals surface area contributed by atoms with E-state index in [1.54, 1.807) is 0 Å². The minimum atomic E-state index is 0.199. The van der Waals surface area contributed by atoms with Crippen LogP contribution in [0.15, 0.2) is 36.4 Å². The first-order valence-electron chi connectivity index (χ1n) is 6.14. The Balaban J connectivity index is 2.25. The molecule has 0 spiro atoms. The molecule has 0 atom stereocenters. The molecular weight excluding hydrogens is 230 g/mol. The van der Waals surface area contributed by atoms with Crippen LogP contribution in [0.5, 0.6) is 0 Å². The number of hydrogen-bond acceptors (Lipinski definition) is 1. The summed E-state index contributed by atoms with van der Waals surface area (Å²) in [4.78, 5) is 0. The summed E-state index contributed by atoms with van der Waals surface area (Å²) in [5.41, 5.74) is 7.58. The standard InChI is InChI=1S/C15H16ClN/c16-12-6-5-11-3-1-4-14(13(11)9-12)15(10-17)7-2-8-15/h1,3-6,9H,2,7-8,10,17H2. The van der Waals surface area contributed by atoms with Gasteiger partial charge in [-0.15, -0.1) is 0 Å². The van der Waals surface area contributed by atoms with E-state index in [1.807, 2.05) is 6.07 Å². The van der Waals surface area contributed by atoms with Crippen LogP contribution in [0.4, 0.5) is 0 Å². The van der Waals surface area contributed by atoms with Gasteiger partial charge < -0.3 is 5.73 Å². The van der Waals surface area contributed by atoms with E-state index < -0.39 is 0 Å². The summed E-state index contributed by atoms with van der Waals surface area (Å²) in [5, 5.41) is 3.33. The molecule has 1 aliphatic carbocycles. The average Bonchev–Trinajstić information content (AvgIpc) is 2.29. The van der Waals surface area contributed by atoms with Crippen molar-refractivity contribution in [3.8, 4) is 0 Å². The highest BCUT2D eigenvalue weighted by Gasteiger charge is 2.38. The molecule has 2 aromatic rings. The van der Waals surface area contributed by atoms with Gasteiger partial charge in [0.05, 0.1) is 0 Å². The molecule has 0 aromatic heterocycles. The molecule has 0 amide bonds. The largest absolute Gasteiger partial charge is 0.330 e. The van der Waals surface area contributed by atoms with Crippen molar-refractivity contribution in [2.75, 3.05) is 6.54 Å². The zero-order chi connectivity index (χ0) is 11.9. The summed E-state index contributed by atoms with van der Waals surface area (Å²) in [6, 6.07) is 12.6. The number of fused-ring (bicyclic) bond motifs is 1. The predicted octanol–water partition coefficient (Wildman–Crippen LogP) is 3.87. The van der Waals surface area contributed by atoms with Crippen molar-refractivity contribution in [1.29, 1.82) is 0 Å². The van der Waals surface area contributed by atoms with E-state index in [2.05, 4.69) is 30.3 Å². The first-order valence-corrected chi connectivity index (χ1v) is 6.52. The van der Waals surface area contributed by atoms with Crippen LogP contribution in [0.1, 0.15) is 24.8 Å². The molecule has 0 unspecified atom stereocenters. The Morgan fingerprint density at radius 1 is 1.18 bits per heavy atom. The fourth-order valence-electron chi connectivity index (χ4n) is 2.89. The number of hydrogen-bond donors (Lipinski definition) is 1. The fourth-order valence-corrected chi connectivity index (χ4v) is 3.07. The minimum absolute atomic E-state index is 0.199. The van der Waals surface area contributed by atoms with E-state index in [0.29, 0.717) is 0 Å². The highest BCUT2D eigenvalue weighted by Crippen LogP contribution is 2.45. The lowest BCUT2D eigenvalue weighted by Gasteiger charge is -2.42. The maximum Gasteiger partial charge on any atom is 0.0412 e. The average molecular weight is 246 g/mol. The summed E-state index contributed by atoms with van der Waals surface area (Å²) < 4.78 is 0. The van der Waals surface area contributed by atoms with Gasteiger partial charge in [-0.05, 0) is 41.3 Å². The van der Waals surface area contributed by atoms with Gasteiger partial charge in [0, 0.05) is 17.0 Å². The topological polar surface area (TPSA) is 26.0 Å². The van der Waals surface area contributed by atoms with E-state index in [-0.39, 0.29) is 5.41 Å². The first-order chi connectivity index (χ1) is 8.25. The molecular formula is C15H16ClN. The van der Waals surface area contributed by atoms with Crippen LogP contribution in [-0.4, -0.2) is 6.54 Å². The van der Waals surface area contributed by atoms with Crippen molar-refractivity contribution < 1.29 is 0 Å². The van der Waals surface area contributed by atoms with Crippen molar-refractivity contribution in [2.24, 2.45) is 5.73 Å². The van der Waals surface area contributed by atoms with Gasteiger partial charge in [0.1, 0.15) is 0 Å². The molecule has 0 radical (unpaired) electrons. The number of rotatable bonds is 2. The lowest BCUT2D eigenvalue weighted by atomic mass is 9.63. The lowest BCUT2D eigenvalue weighted by Crippen LogP contribution is -2.41. The molecule has 1 saturated carbocycles. The summed E-state index contributed by atoms with van der Waals surface area (Å²) >= 11 is 6.11. The normalized spacial score (nSPS) is 18.0. The van der Waals surface area contributed by atoms with Gasteiger partial charge in [0.15, 0.2) is 0 Å². The number of benzene rings is 2. The third-order valence-electron chi connectivity index (χ3n) is 4.12. The smallest absolute Gasteiger partial charge is 0.0412 e. The van der Waals surface area contributed by atoms with Gasteiger partial charge in [-0.1, -0.05) is 42.3 Å². The first kappa shape index (κ1) is 11.1. The highest BCUT2D eigenvalue weighted by molar-refractivity contribution is 6.31. The quantitative estimate of drug-likeness (QED) is 0.854. The van der Waals surface area contributed by atoms with Gasteiger partial charge >= 0.3 is 0 Å². The van der Waals surface area contributed by atoms with Gasteiger partial charge in [-0.3, -0.25) is 0 Å². The Morgan fingerprint density at radius 2 is 2.00 bits per heavy atom. The molecule has 0 bridgehead atoms. The summed E-state index contributed by atoms with van der Waals surface area (Å²) in [7, 11) is 0. The molecule has 0 aliphatic heterocycles. The highest BCUT2D eigenvalue weighted by atomic mass is 35.5. The van der Waals surface area contributed by atoms with E-state index >= 15 is 0 Å². The maximum atomic E-state index is 6.11. The number of halogens is 1. The second-order valence-corrected chi connectivity index (χ2v) is 5.45. The third kappa shape index (κ3) is 1.65. The van der Waals surface area contributed by atoms with E-state index in [0.717, 1.165) is 11.6 Å². The Hall–Kier alpha value is -1.05. The Kier molecular flexibility index (Phi) is 2.61. The van der Waals surface area contributed by atoms with Crippen molar-refractivity contribution in [3.63, 3.8) is 0 Å². The van der Waals surface area contributed by atoms with Gasteiger partial charge in [-0.2, -0.15) is 0 Å². The molecule has 2 aromatic carbocycles. The van der Waals surface area contributed by atoms with Crippen LogP contribution in [0.25, 0.3) is 10.8 Å². The molecule has 0 saturated heterocycles. The summed E-state index contributed by atoms with van der Waals surface area (Å²) in [6.07, 6.45) is 3.69. The lowest BCUT2D eigenvalue weighted by molar-refractivity contribution is 0.255. The molecule has 0 heterocycles.